The molecule has 0 aliphatic rings. The predicted octanol–water partition coefficient (Wildman–Crippen LogP) is 9.01. The summed E-state index contributed by atoms with van der Waals surface area (Å²) in [5.41, 5.74) is 11.3. The number of Topliss-reactive ketones (excluding diaryl/α,β-unsaturated/α-hetero) is 2. The number of hydrogen-bond donors (Lipinski definition) is 2. The Balaban J connectivity index is 2.03. The van der Waals surface area contributed by atoms with Crippen molar-refractivity contribution in [1.82, 2.24) is 0 Å². The van der Waals surface area contributed by atoms with E-state index in [1.807, 2.05) is 0 Å². The minimum atomic E-state index is -3.92. The van der Waals surface area contributed by atoms with Crippen LogP contribution in [-0.2, 0) is 28.6 Å². The molecule has 43 heavy (non-hydrogen) atoms. The maximum absolute atomic E-state index is 14.1. The van der Waals surface area contributed by atoms with Gasteiger partial charge in [-0.25, -0.2) is 0 Å². The van der Waals surface area contributed by atoms with Crippen LogP contribution in [0.5, 0.6) is 0 Å². The number of carbonyl (C=O) groups is 2. The topological polar surface area (TPSA) is 122 Å². The summed E-state index contributed by atoms with van der Waals surface area (Å²) in [6.07, 6.45) is 15.0. The van der Waals surface area contributed by atoms with E-state index in [4.69, 9.17) is 18.1 Å². The van der Waals surface area contributed by atoms with E-state index in [-0.39, 0.29) is 23.7 Å². The Morgan fingerprint density at radius 2 is 1.02 bits per heavy atom. The molecule has 7 nitrogen and oxygen atoms in total. The number of nitrogen functional groups attached to an aromatic ring is 2. The van der Waals surface area contributed by atoms with E-state index >= 15 is 0 Å². The van der Waals surface area contributed by atoms with Crippen LogP contribution in [0.4, 0.5) is 11.4 Å². The number of nitrogens with two attached hydrogens (primary N) is 2. The fourth-order valence-electron chi connectivity index (χ4n) is 5.26. The summed E-state index contributed by atoms with van der Waals surface area (Å²) in [6.45, 7) is 8.07. The molecule has 0 radical (unpaired) electrons. The molecule has 2 rings (SSSR count). The van der Waals surface area contributed by atoms with Gasteiger partial charge in [-0.2, -0.15) is 0 Å². The number of benzene rings is 2. The number of unbranched alkanes of at least 4 members (excludes halogenated alkanes) is 11. The van der Waals surface area contributed by atoms with Crippen molar-refractivity contribution in [2.24, 2.45) is 5.92 Å². The molecule has 0 aromatic heterocycles. The minimum absolute atomic E-state index is 0.108. The van der Waals surface area contributed by atoms with Gasteiger partial charge in [0.15, 0.2) is 0 Å². The molecule has 0 heterocycles. The van der Waals surface area contributed by atoms with Gasteiger partial charge in [-0.05, 0) is 5.92 Å². The van der Waals surface area contributed by atoms with Gasteiger partial charge in [-0.1, -0.05) is 39.5 Å². The van der Waals surface area contributed by atoms with E-state index in [1.165, 1.54) is 57.8 Å². The van der Waals surface area contributed by atoms with Crippen LogP contribution in [0, 0.1) is 5.92 Å². The SMILES string of the molecule is CC(C)CCCCCCCCCCCCCCC([O][Ti](=[O])[O]C(C)C)(C(=O)c1ccc(N)cc1)C(=O)c1ccc(N)cc1. The van der Waals surface area contributed by atoms with E-state index < -0.39 is 35.8 Å². The van der Waals surface area contributed by atoms with E-state index in [9.17, 15) is 12.9 Å². The molecule has 2 aromatic rings. The molecule has 8 heteroatoms. The van der Waals surface area contributed by atoms with Crippen molar-refractivity contribution < 1.29 is 38.2 Å². The summed E-state index contributed by atoms with van der Waals surface area (Å²) in [4.78, 5) is 28.2. The first-order chi connectivity index (χ1) is 20.5. The summed E-state index contributed by atoms with van der Waals surface area (Å²) in [7, 11) is 0. The Kier molecular flexibility index (Phi) is 17.2. The molecule has 238 valence electrons. The van der Waals surface area contributed by atoms with Crippen molar-refractivity contribution in [3.63, 3.8) is 0 Å². The van der Waals surface area contributed by atoms with Crippen LogP contribution in [0.25, 0.3) is 0 Å². The Morgan fingerprint density at radius 1 is 0.651 bits per heavy atom. The van der Waals surface area contributed by atoms with E-state index in [2.05, 4.69) is 13.8 Å². The van der Waals surface area contributed by atoms with Gasteiger partial charge in [0, 0.05) is 0 Å². The molecule has 0 fully saturated rings. The zero-order valence-corrected chi connectivity index (χ0v) is 28.4. The van der Waals surface area contributed by atoms with Crippen LogP contribution < -0.4 is 11.5 Å². The van der Waals surface area contributed by atoms with Gasteiger partial charge in [0.05, 0.1) is 0 Å². The summed E-state index contributed by atoms with van der Waals surface area (Å²) >= 11 is -3.92. The molecule has 0 aliphatic carbocycles. The molecule has 0 spiro atoms. The van der Waals surface area contributed by atoms with E-state index in [0.717, 1.165) is 25.2 Å². The Labute approximate surface area is 266 Å². The predicted molar refractivity (Wildman–Crippen MR) is 171 cm³/mol. The quantitative estimate of drug-likeness (QED) is 0.0413. The Morgan fingerprint density at radius 3 is 1.40 bits per heavy atom. The molecular formula is C35H54N2O5Ti. The molecule has 2 aromatic carbocycles. The van der Waals surface area contributed by atoms with Crippen molar-refractivity contribution in [2.75, 3.05) is 11.5 Å². The van der Waals surface area contributed by atoms with Gasteiger partial charge in [0.1, 0.15) is 0 Å². The van der Waals surface area contributed by atoms with Crippen molar-refractivity contribution >= 4 is 22.9 Å². The molecule has 0 unspecified atom stereocenters. The van der Waals surface area contributed by atoms with Gasteiger partial charge in [-0.15, -0.1) is 0 Å². The van der Waals surface area contributed by atoms with Crippen molar-refractivity contribution in [3.05, 3.63) is 59.7 Å². The number of rotatable bonds is 23. The normalized spacial score (nSPS) is 11.8. The van der Waals surface area contributed by atoms with Crippen LogP contribution in [0.15, 0.2) is 48.5 Å². The third-order valence-electron chi connectivity index (χ3n) is 7.73. The maximum atomic E-state index is 14.1. The van der Waals surface area contributed by atoms with E-state index in [0.29, 0.717) is 17.8 Å². The molecule has 0 atom stereocenters. The molecule has 0 bridgehead atoms. The van der Waals surface area contributed by atoms with Gasteiger partial charge in [0.2, 0.25) is 0 Å². The summed E-state index contributed by atoms with van der Waals surface area (Å²) in [5.74, 6) is -0.263. The van der Waals surface area contributed by atoms with Crippen molar-refractivity contribution in [3.8, 4) is 0 Å². The van der Waals surface area contributed by atoms with Crippen LogP contribution in [0.3, 0.4) is 0 Å². The van der Waals surface area contributed by atoms with Crippen molar-refractivity contribution in [2.45, 2.75) is 129 Å². The number of anilines is 2. The van der Waals surface area contributed by atoms with Gasteiger partial charge < -0.3 is 0 Å². The monoisotopic (exact) mass is 630 g/mol. The third kappa shape index (κ3) is 13.6. The van der Waals surface area contributed by atoms with E-state index in [1.54, 1.807) is 62.4 Å². The van der Waals surface area contributed by atoms with Crippen LogP contribution in [0.1, 0.15) is 138 Å². The van der Waals surface area contributed by atoms with Crippen LogP contribution in [0.2, 0.25) is 0 Å². The summed E-state index contributed by atoms with van der Waals surface area (Å²) in [5, 5.41) is 0. The number of carbonyl (C=O) groups excluding carboxylic acids is 2. The zero-order valence-electron chi connectivity index (χ0n) is 26.9. The van der Waals surface area contributed by atoms with Crippen LogP contribution in [-0.4, -0.2) is 23.3 Å². The summed E-state index contributed by atoms with van der Waals surface area (Å²) < 4.78 is 24.5. The molecule has 0 saturated carbocycles. The second kappa shape index (κ2) is 20.0. The number of hydrogen-bond acceptors (Lipinski definition) is 7. The third-order valence-corrected chi connectivity index (χ3v) is 9.57. The average molecular weight is 631 g/mol. The average Bonchev–Trinajstić information content (AvgIpc) is 2.96. The standard InChI is InChI=1S/C32H47N2O3.C3H7O.O.Ti/c1-25(2)15-13-11-9-7-5-3-4-6-8-10-12-14-24-32(37,30(35)26-16-20-28(33)21-17-26)31(36)27-18-22-29(34)23-19-27;1-3(2)4;;/h16-23,25H,3-15,24,33-34H2,1-2H3;3H,1-2H3;;/q2*-1;;+2. The van der Waals surface area contributed by atoms with Gasteiger partial charge in [-0.3, -0.25) is 0 Å². The molecule has 4 N–H and O–H groups in total. The number of ketones is 2. The second-order valence-electron chi connectivity index (χ2n) is 12.4. The first-order valence-corrected chi connectivity index (χ1v) is 18.2. The molecule has 0 amide bonds. The van der Waals surface area contributed by atoms with Gasteiger partial charge in [0.25, 0.3) is 0 Å². The second-order valence-corrected chi connectivity index (χ2v) is 13.9. The zero-order chi connectivity index (χ0) is 31.7. The Hall–Kier alpha value is -2.19. The summed E-state index contributed by atoms with van der Waals surface area (Å²) in [6, 6.07) is 12.7. The first kappa shape index (κ1) is 37.0. The molecular weight excluding hydrogens is 576 g/mol. The van der Waals surface area contributed by atoms with Crippen LogP contribution >= 0.6 is 0 Å². The molecule has 0 aliphatic heterocycles. The van der Waals surface area contributed by atoms with Crippen molar-refractivity contribution in [1.29, 1.82) is 0 Å². The molecule has 0 saturated heterocycles. The van der Waals surface area contributed by atoms with Gasteiger partial charge >= 0.3 is 222 Å². The fraction of sp³-hybridized carbons (Fsp3) is 0.600. The first-order valence-electron chi connectivity index (χ1n) is 16.3. The Bertz CT molecular complexity index is 1060. The fourth-order valence-corrected chi connectivity index (χ4v) is 6.83.